The second-order valence-electron chi connectivity index (χ2n) is 3.27. The van der Waals surface area contributed by atoms with E-state index in [0.29, 0.717) is 13.0 Å². The number of amides is 1. The van der Waals surface area contributed by atoms with Crippen molar-refractivity contribution in [2.24, 2.45) is 5.73 Å². The van der Waals surface area contributed by atoms with Gasteiger partial charge in [0.25, 0.3) is 0 Å². The van der Waals surface area contributed by atoms with Gasteiger partial charge in [0, 0.05) is 6.61 Å². The Morgan fingerprint density at radius 3 is 3.00 bits per heavy atom. The van der Waals surface area contributed by atoms with Gasteiger partial charge in [-0.3, -0.25) is 4.79 Å². The van der Waals surface area contributed by atoms with Gasteiger partial charge in [-0.25, -0.2) is 0 Å². The maximum atomic E-state index is 10.8. The lowest BCUT2D eigenvalue weighted by Gasteiger charge is -2.15. The van der Waals surface area contributed by atoms with Crippen LogP contribution in [0, 0.1) is 0 Å². The van der Waals surface area contributed by atoms with E-state index < -0.39 is 6.10 Å². The molecular weight excluding hydrogens is 170 g/mol. The van der Waals surface area contributed by atoms with Gasteiger partial charge in [0.1, 0.15) is 6.10 Å². The summed E-state index contributed by atoms with van der Waals surface area (Å²) in [7, 11) is 0. The van der Waals surface area contributed by atoms with E-state index in [-0.39, 0.29) is 12.0 Å². The summed E-state index contributed by atoms with van der Waals surface area (Å²) in [4.78, 5) is 10.8. The topological polar surface area (TPSA) is 61.6 Å². The number of hydrogen-bond donors (Lipinski definition) is 1. The van der Waals surface area contributed by atoms with Crippen molar-refractivity contribution in [2.45, 2.75) is 38.4 Å². The lowest BCUT2D eigenvalue weighted by molar-refractivity contribution is -0.131. The zero-order chi connectivity index (χ0) is 9.68. The predicted octanol–water partition coefficient (Wildman–Crippen LogP) is 0.446. The SMILES string of the molecule is CCC(OCC1CCCO1)C(N)=O. The third kappa shape index (κ3) is 3.32. The van der Waals surface area contributed by atoms with Gasteiger partial charge in [0.15, 0.2) is 0 Å². The van der Waals surface area contributed by atoms with Crippen molar-refractivity contribution in [1.29, 1.82) is 0 Å². The van der Waals surface area contributed by atoms with E-state index in [4.69, 9.17) is 15.2 Å². The summed E-state index contributed by atoms with van der Waals surface area (Å²) >= 11 is 0. The van der Waals surface area contributed by atoms with Gasteiger partial charge >= 0.3 is 0 Å². The molecule has 4 nitrogen and oxygen atoms in total. The third-order valence-electron chi connectivity index (χ3n) is 2.20. The van der Waals surface area contributed by atoms with Crippen LogP contribution in [0.25, 0.3) is 0 Å². The van der Waals surface area contributed by atoms with Crippen LogP contribution in [0.3, 0.4) is 0 Å². The smallest absolute Gasteiger partial charge is 0.246 e. The molecule has 4 heteroatoms. The highest BCUT2D eigenvalue weighted by molar-refractivity contribution is 5.78. The molecule has 1 aliphatic heterocycles. The fraction of sp³-hybridized carbons (Fsp3) is 0.889. The third-order valence-corrected chi connectivity index (χ3v) is 2.20. The number of ether oxygens (including phenoxy) is 2. The van der Waals surface area contributed by atoms with E-state index in [2.05, 4.69) is 0 Å². The van der Waals surface area contributed by atoms with Crippen LogP contribution in [0.1, 0.15) is 26.2 Å². The molecule has 1 heterocycles. The molecule has 2 unspecified atom stereocenters. The Balaban J connectivity index is 2.18. The summed E-state index contributed by atoms with van der Waals surface area (Å²) in [5.74, 6) is -0.388. The predicted molar refractivity (Wildman–Crippen MR) is 48.2 cm³/mol. The number of carbonyl (C=O) groups excluding carboxylic acids is 1. The Morgan fingerprint density at radius 2 is 2.54 bits per heavy atom. The largest absolute Gasteiger partial charge is 0.376 e. The van der Waals surface area contributed by atoms with Crippen molar-refractivity contribution in [3.8, 4) is 0 Å². The van der Waals surface area contributed by atoms with Gasteiger partial charge < -0.3 is 15.2 Å². The quantitative estimate of drug-likeness (QED) is 0.679. The molecule has 1 amide bonds. The van der Waals surface area contributed by atoms with Crippen molar-refractivity contribution in [1.82, 2.24) is 0 Å². The number of primary amides is 1. The molecule has 76 valence electrons. The van der Waals surface area contributed by atoms with Crippen LogP contribution in [0.5, 0.6) is 0 Å². The minimum absolute atomic E-state index is 0.161. The lowest BCUT2D eigenvalue weighted by Crippen LogP contribution is -2.32. The molecule has 2 N–H and O–H groups in total. The minimum Gasteiger partial charge on any atom is -0.376 e. The van der Waals surface area contributed by atoms with E-state index >= 15 is 0 Å². The van der Waals surface area contributed by atoms with Gasteiger partial charge in [0.05, 0.1) is 12.7 Å². The first-order valence-corrected chi connectivity index (χ1v) is 4.76. The first kappa shape index (κ1) is 10.5. The van der Waals surface area contributed by atoms with Crippen molar-refractivity contribution in [2.75, 3.05) is 13.2 Å². The molecule has 0 saturated carbocycles. The van der Waals surface area contributed by atoms with Gasteiger partial charge in [-0.2, -0.15) is 0 Å². The minimum atomic E-state index is -0.454. The van der Waals surface area contributed by atoms with Crippen molar-refractivity contribution < 1.29 is 14.3 Å². The second-order valence-corrected chi connectivity index (χ2v) is 3.27. The molecule has 0 aromatic rings. The highest BCUT2D eigenvalue weighted by atomic mass is 16.5. The summed E-state index contributed by atoms with van der Waals surface area (Å²) in [6.45, 7) is 3.17. The number of hydrogen-bond acceptors (Lipinski definition) is 3. The Hall–Kier alpha value is -0.610. The molecular formula is C9H17NO3. The van der Waals surface area contributed by atoms with Crippen LogP contribution < -0.4 is 5.73 Å². The van der Waals surface area contributed by atoms with Crippen LogP contribution in [-0.4, -0.2) is 31.3 Å². The molecule has 0 bridgehead atoms. The van der Waals surface area contributed by atoms with Crippen LogP contribution in [0.15, 0.2) is 0 Å². The summed E-state index contributed by atoms with van der Waals surface area (Å²) in [5, 5.41) is 0. The Bertz CT molecular complexity index is 166. The summed E-state index contributed by atoms with van der Waals surface area (Å²) in [5.41, 5.74) is 5.13. The van der Waals surface area contributed by atoms with Crippen LogP contribution in [-0.2, 0) is 14.3 Å². The first-order valence-electron chi connectivity index (χ1n) is 4.76. The molecule has 1 saturated heterocycles. The summed E-state index contributed by atoms with van der Waals surface area (Å²) < 4.78 is 10.7. The zero-order valence-electron chi connectivity index (χ0n) is 7.99. The lowest BCUT2D eigenvalue weighted by atomic mass is 10.2. The molecule has 0 radical (unpaired) electrons. The first-order chi connectivity index (χ1) is 6.24. The monoisotopic (exact) mass is 187 g/mol. The molecule has 1 fully saturated rings. The van der Waals surface area contributed by atoms with E-state index in [9.17, 15) is 4.79 Å². The van der Waals surface area contributed by atoms with Gasteiger partial charge in [-0.1, -0.05) is 6.92 Å². The summed E-state index contributed by atoms with van der Waals surface area (Å²) in [6.07, 6.45) is 2.44. The van der Waals surface area contributed by atoms with E-state index in [1.54, 1.807) is 0 Å². The number of rotatable bonds is 5. The number of nitrogens with two attached hydrogens (primary N) is 1. The molecule has 2 atom stereocenters. The molecule has 0 aliphatic carbocycles. The second kappa shape index (κ2) is 5.19. The molecule has 0 aromatic carbocycles. The molecule has 1 rings (SSSR count). The van der Waals surface area contributed by atoms with E-state index in [1.165, 1.54) is 0 Å². The molecule has 1 aliphatic rings. The number of carbonyl (C=O) groups is 1. The van der Waals surface area contributed by atoms with Crippen LogP contribution >= 0.6 is 0 Å². The van der Waals surface area contributed by atoms with Crippen LogP contribution in [0.4, 0.5) is 0 Å². The van der Waals surface area contributed by atoms with Crippen molar-refractivity contribution in [3.63, 3.8) is 0 Å². The fourth-order valence-electron chi connectivity index (χ4n) is 1.40. The molecule has 0 spiro atoms. The Morgan fingerprint density at radius 1 is 1.77 bits per heavy atom. The van der Waals surface area contributed by atoms with Crippen LogP contribution in [0.2, 0.25) is 0 Å². The average molecular weight is 187 g/mol. The van der Waals surface area contributed by atoms with E-state index in [1.807, 2.05) is 6.92 Å². The zero-order valence-corrected chi connectivity index (χ0v) is 7.99. The van der Waals surface area contributed by atoms with E-state index in [0.717, 1.165) is 19.4 Å². The maximum absolute atomic E-state index is 10.8. The van der Waals surface area contributed by atoms with Gasteiger partial charge in [-0.15, -0.1) is 0 Å². The average Bonchev–Trinajstić information content (AvgIpc) is 2.57. The fourth-order valence-corrected chi connectivity index (χ4v) is 1.40. The van der Waals surface area contributed by atoms with Gasteiger partial charge in [0.2, 0.25) is 5.91 Å². The Kier molecular flexibility index (Phi) is 4.18. The normalized spacial score (nSPS) is 24.5. The molecule has 13 heavy (non-hydrogen) atoms. The highest BCUT2D eigenvalue weighted by Gasteiger charge is 2.19. The Labute approximate surface area is 78.4 Å². The van der Waals surface area contributed by atoms with Crippen molar-refractivity contribution in [3.05, 3.63) is 0 Å². The maximum Gasteiger partial charge on any atom is 0.246 e. The highest BCUT2D eigenvalue weighted by Crippen LogP contribution is 2.13. The van der Waals surface area contributed by atoms with Crippen molar-refractivity contribution >= 4 is 5.91 Å². The summed E-state index contributed by atoms with van der Waals surface area (Å²) in [6, 6.07) is 0. The standard InChI is InChI=1S/C9H17NO3/c1-2-8(9(10)11)13-6-7-4-3-5-12-7/h7-8H,2-6H2,1H3,(H2,10,11). The molecule has 0 aromatic heterocycles. The van der Waals surface area contributed by atoms with Gasteiger partial charge in [-0.05, 0) is 19.3 Å².